The summed E-state index contributed by atoms with van der Waals surface area (Å²) in [4.78, 5) is 30.1. The lowest BCUT2D eigenvalue weighted by atomic mass is 9.76. The van der Waals surface area contributed by atoms with Gasteiger partial charge in [0, 0.05) is 19.2 Å². The van der Waals surface area contributed by atoms with Crippen molar-refractivity contribution in [2.75, 3.05) is 5.32 Å². The van der Waals surface area contributed by atoms with Crippen molar-refractivity contribution >= 4 is 17.5 Å². The molecule has 0 saturated heterocycles. The molecule has 0 radical (unpaired) electrons. The van der Waals surface area contributed by atoms with E-state index in [-0.39, 0.29) is 23.6 Å². The van der Waals surface area contributed by atoms with Gasteiger partial charge >= 0.3 is 0 Å². The van der Waals surface area contributed by atoms with Gasteiger partial charge in [-0.15, -0.1) is 0 Å². The Kier molecular flexibility index (Phi) is 8.76. The molecule has 1 aromatic carbocycles. The summed E-state index contributed by atoms with van der Waals surface area (Å²) in [6.07, 6.45) is 5.89. The number of carbonyl (C=O) groups excluding carboxylic acids is 2. The lowest BCUT2D eigenvalue weighted by Gasteiger charge is -2.32. The van der Waals surface area contributed by atoms with Crippen LogP contribution in [0, 0.1) is 23.4 Å². The van der Waals surface area contributed by atoms with E-state index in [1.165, 1.54) is 19.1 Å². The molecule has 190 valence electrons. The fourth-order valence-electron chi connectivity index (χ4n) is 4.43. The summed E-state index contributed by atoms with van der Waals surface area (Å²) >= 11 is 0. The second-order valence-electron chi connectivity index (χ2n) is 8.92. The van der Waals surface area contributed by atoms with Gasteiger partial charge in [0.15, 0.2) is 0 Å². The van der Waals surface area contributed by atoms with Crippen molar-refractivity contribution in [2.45, 2.75) is 45.1 Å². The molecule has 4 rings (SSSR count). The number of halogens is 3. The number of anilines is 1. The highest BCUT2D eigenvalue weighted by Gasteiger charge is 2.28. The molecule has 2 heterocycles. The van der Waals surface area contributed by atoms with Crippen LogP contribution in [0.15, 0.2) is 48.8 Å². The minimum atomic E-state index is -0.966. The van der Waals surface area contributed by atoms with Crippen molar-refractivity contribution in [1.82, 2.24) is 9.97 Å². The number of hydrogen-bond donors (Lipinski definition) is 3. The monoisotopic (exact) mass is 499 g/mol. The minimum Gasteiger partial charge on any atom is -0.370 e. The predicted molar refractivity (Wildman–Crippen MR) is 130 cm³/mol. The van der Waals surface area contributed by atoms with Crippen molar-refractivity contribution in [1.29, 1.82) is 0 Å². The third-order valence-corrected chi connectivity index (χ3v) is 5.80. The Morgan fingerprint density at radius 1 is 1.00 bits per heavy atom. The molecule has 3 aromatic rings. The van der Waals surface area contributed by atoms with Crippen LogP contribution in [-0.2, 0) is 4.79 Å². The average molecular weight is 500 g/mol. The van der Waals surface area contributed by atoms with Crippen LogP contribution in [0.1, 0.15) is 55.1 Å². The molecule has 2 aromatic heterocycles. The largest absolute Gasteiger partial charge is 0.370 e. The normalized spacial score (nSPS) is 19.1. The first kappa shape index (κ1) is 26.8. The van der Waals surface area contributed by atoms with Crippen LogP contribution in [0.3, 0.4) is 0 Å². The number of carbonyl (C=O) groups is 2. The molecule has 0 aliphatic heterocycles. The van der Waals surface area contributed by atoms with E-state index < -0.39 is 34.6 Å². The molecular formula is C26H28F3N5O2. The van der Waals surface area contributed by atoms with Crippen LogP contribution in [0.2, 0.25) is 0 Å². The summed E-state index contributed by atoms with van der Waals surface area (Å²) in [6.45, 7) is 3.46. The van der Waals surface area contributed by atoms with Crippen LogP contribution in [-0.4, -0.2) is 27.8 Å². The molecule has 10 heteroatoms. The zero-order valence-electron chi connectivity index (χ0n) is 20.0. The molecule has 0 spiro atoms. The smallest absolute Gasteiger partial charge is 0.274 e. The summed E-state index contributed by atoms with van der Waals surface area (Å²) in [6, 6.07) is 7.25. The quantitative estimate of drug-likeness (QED) is 0.486. The van der Waals surface area contributed by atoms with Crippen LogP contribution in [0.5, 0.6) is 0 Å². The molecule has 1 aliphatic rings. The first-order chi connectivity index (χ1) is 17.1. The van der Waals surface area contributed by atoms with Gasteiger partial charge in [-0.1, -0.05) is 13.0 Å². The summed E-state index contributed by atoms with van der Waals surface area (Å²) in [5, 5.41) is 2.77. The lowest BCUT2D eigenvalue weighted by Crippen LogP contribution is -2.31. The number of nitrogens with zero attached hydrogens (tertiary/aromatic N) is 2. The topological polar surface area (TPSA) is 124 Å². The number of hydrogen-bond acceptors (Lipinski definition) is 5. The number of nitrogens with one attached hydrogen (secondary N) is 1. The molecule has 3 atom stereocenters. The second kappa shape index (κ2) is 11.8. The molecule has 1 aliphatic carbocycles. The Hall–Kier alpha value is -3.79. The van der Waals surface area contributed by atoms with E-state index in [0.717, 1.165) is 43.0 Å². The molecule has 0 bridgehead atoms. The van der Waals surface area contributed by atoms with Gasteiger partial charge in [0.05, 0.1) is 17.4 Å². The second-order valence-corrected chi connectivity index (χ2v) is 8.92. The maximum Gasteiger partial charge on any atom is 0.274 e. The van der Waals surface area contributed by atoms with Crippen LogP contribution in [0.25, 0.3) is 11.3 Å². The average Bonchev–Trinajstić information content (AvgIpc) is 2.79. The molecule has 2 amide bonds. The zero-order chi connectivity index (χ0) is 26.4. The van der Waals surface area contributed by atoms with Gasteiger partial charge in [-0.25, -0.2) is 18.2 Å². The number of pyridine rings is 2. The fourth-order valence-corrected chi connectivity index (χ4v) is 4.43. The first-order valence-corrected chi connectivity index (χ1v) is 11.4. The maximum atomic E-state index is 14.3. The van der Waals surface area contributed by atoms with Crippen LogP contribution >= 0.6 is 0 Å². The zero-order valence-corrected chi connectivity index (χ0v) is 20.0. The highest BCUT2D eigenvalue weighted by atomic mass is 19.1. The number of nitrogens with two attached hydrogens (primary N) is 2. The molecule has 3 unspecified atom stereocenters. The van der Waals surface area contributed by atoms with E-state index in [4.69, 9.17) is 5.73 Å². The predicted octanol–water partition coefficient (Wildman–Crippen LogP) is 4.54. The van der Waals surface area contributed by atoms with E-state index in [2.05, 4.69) is 27.9 Å². The Labute approximate surface area is 207 Å². The van der Waals surface area contributed by atoms with Crippen molar-refractivity contribution < 1.29 is 22.8 Å². The summed E-state index contributed by atoms with van der Waals surface area (Å²) in [5.41, 5.74) is 10.7. The third kappa shape index (κ3) is 6.66. The van der Waals surface area contributed by atoms with E-state index in [1.807, 2.05) is 6.07 Å². The van der Waals surface area contributed by atoms with Crippen LogP contribution in [0.4, 0.5) is 18.9 Å². The van der Waals surface area contributed by atoms with Crippen molar-refractivity contribution in [3.05, 3.63) is 77.5 Å². The minimum absolute atomic E-state index is 0.0810. The summed E-state index contributed by atoms with van der Waals surface area (Å²) in [5.74, 6) is -3.21. The van der Waals surface area contributed by atoms with Gasteiger partial charge in [-0.2, -0.15) is 0 Å². The number of aromatic nitrogens is 2. The lowest BCUT2D eigenvalue weighted by molar-refractivity contribution is -0.115. The molecule has 36 heavy (non-hydrogen) atoms. The van der Waals surface area contributed by atoms with Gasteiger partial charge in [-0.05, 0) is 67.0 Å². The Bertz CT molecular complexity index is 1220. The Balaban J connectivity index is 0.000000840. The van der Waals surface area contributed by atoms with Gasteiger partial charge < -0.3 is 16.8 Å². The number of rotatable bonds is 4. The van der Waals surface area contributed by atoms with Gasteiger partial charge in [0.25, 0.3) is 5.91 Å². The number of benzene rings is 1. The first-order valence-electron chi connectivity index (χ1n) is 11.4. The highest BCUT2D eigenvalue weighted by Crippen LogP contribution is 2.38. The van der Waals surface area contributed by atoms with E-state index in [1.54, 1.807) is 12.4 Å². The van der Waals surface area contributed by atoms with Gasteiger partial charge in [0.2, 0.25) is 5.91 Å². The Morgan fingerprint density at radius 3 is 2.31 bits per heavy atom. The van der Waals surface area contributed by atoms with Crippen molar-refractivity contribution in [3.63, 3.8) is 0 Å². The maximum absolute atomic E-state index is 14.3. The third-order valence-electron chi connectivity index (χ3n) is 5.80. The summed E-state index contributed by atoms with van der Waals surface area (Å²) < 4.78 is 42.6. The van der Waals surface area contributed by atoms with E-state index >= 15 is 0 Å². The highest BCUT2D eigenvalue weighted by molar-refractivity contribution is 6.03. The molecular weight excluding hydrogens is 471 g/mol. The number of primary amides is 1. The number of amides is 2. The fraction of sp³-hybridized carbons (Fsp3) is 0.308. The van der Waals surface area contributed by atoms with E-state index in [0.29, 0.717) is 11.6 Å². The summed E-state index contributed by atoms with van der Waals surface area (Å²) in [7, 11) is 0. The van der Waals surface area contributed by atoms with Gasteiger partial charge in [0.1, 0.15) is 28.8 Å². The van der Waals surface area contributed by atoms with Crippen LogP contribution < -0.4 is 16.8 Å². The molecule has 7 nitrogen and oxygen atoms in total. The molecule has 5 N–H and O–H groups in total. The molecule has 1 fully saturated rings. The van der Waals surface area contributed by atoms with Crippen molar-refractivity contribution in [3.8, 4) is 11.3 Å². The SMILES string of the molecule is CC(N)=O.CC1CC(N)CC(c2ccncc2NC(=O)c2ccc(F)c(-c3c(F)cccc3F)n2)C1. The van der Waals surface area contributed by atoms with Crippen molar-refractivity contribution in [2.24, 2.45) is 17.4 Å². The standard InChI is InChI=1S/C24H23F3N4O.C2H5NO/c1-13-9-14(11-15(28)10-13)16-7-8-29-12-21(16)31-24(32)20-6-5-19(27)23(30-20)22-17(25)3-2-4-18(22)26;1-2(3)4/h2-8,12-15H,9-11,28H2,1H3,(H,31,32);1H3,(H2,3,4). The Morgan fingerprint density at radius 2 is 1.67 bits per heavy atom. The molecule has 1 saturated carbocycles. The van der Waals surface area contributed by atoms with Gasteiger partial charge in [-0.3, -0.25) is 14.6 Å². The van der Waals surface area contributed by atoms with E-state index in [9.17, 15) is 22.8 Å².